The molecule has 0 heterocycles. The first kappa shape index (κ1) is 16.6. The van der Waals surface area contributed by atoms with Gasteiger partial charge in [0.25, 0.3) is 5.91 Å². The Kier molecular flexibility index (Phi) is 5.62. The maximum atomic E-state index is 12.3. The molecule has 0 aromatic heterocycles. The molecule has 0 spiro atoms. The third kappa shape index (κ3) is 4.11. The summed E-state index contributed by atoms with van der Waals surface area (Å²) in [6.45, 7) is 2.14. The fraction of sp³-hybridized carbons (Fsp3) is 0.412. The van der Waals surface area contributed by atoms with E-state index in [1.165, 1.54) is 18.6 Å². The van der Waals surface area contributed by atoms with Crippen LogP contribution >= 0.6 is 15.9 Å². The number of halogens is 1. The molecule has 0 radical (unpaired) electrons. The van der Waals surface area contributed by atoms with E-state index >= 15 is 0 Å². The molecule has 1 saturated carbocycles. The average molecular weight is 363 g/mol. The highest BCUT2D eigenvalue weighted by atomic mass is 79.9. The van der Waals surface area contributed by atoms with E-state index in [-0.39, 0.29) is 23.3 Å². The lowest BCUT2D eigenvalue weighted by Gasteiger charge is -2.29. The van der Waals surface area contributed by atoms with Crippen LogP contribution in [0.2, 0.25) is 0 Å². The zero-order chi connectivity index (χ0) is 16.1. The Hall–Kier alpha value is -1.80. The molecule has 4 nitrogen and oxygen atoms in total. The van der Waals surface area contributed by atoms with Gasteiger partial charge in [-0.15, -0.1) is 0 Å². The van der Waals surface area contributed by atoms with Gasteiger partial charge in [-0.25, -0.2) is 0 Å². The van der Waals surface area contributed by atoms with Crippen LogP contribution in [0.15, 0.2) is 28.2 Å². The average Bonchev–Trinajstić information content (AvgIpc) is 2.50. The number of hydrogen-bond donors (Lipinski definition) is 2. The molecule has 116 valence electrons. The Balaban J connectivity index is 2.13. The number of nitrogens with one attached hydrogen (secondary N) is 1. The number of benzene rings is 1. The molecule has 1 aliphatic carbocycles. The van der Waals surface area contributed by atoms with Gasteiger partial charge in [-0.05, 0) is 58.5 Å². The second kappa shape index (κ2) is 7.46. The smallest absolute Gasteiger partial charge is 0.262 e. The molecular formula is C17H19BrN2O2. The molecule has 22 heavy (non-hydrogen) atoms. The van der Waals surface area contributed by atoms with Crippen LogP contribution in [-0.2, 0) is 4.79 Å². The van der Waals surface area contributed by atoms with Crippen LogP contribution in [0.1, 0.15) is 38.2 Å². The van der Waals surface area contributed by atoms with Crippen LogP contribution in [0.3, 0.4) is 0 Å². The van der Waals surface area contributed by atoms with Gasteiger partial charge < -0.3 is 10.4 Å². The topological polar surface area (TPSA) is 73.1 Å². The van der Waals surface area contributed by atoms with Gasteiger partial charge in [-0.3, -0.25) is 4.79 Å². The summed E-state index contributed by atoms with van der Waals surface area (Å²) in [4.78, 5) is 12.3. The van der Waals surface area contributed by atoms with Crippen LogP contribution in [0.4, 0.5) is 0 Å². The molecule has 1 aromatic rings. The molecule has 0 saturated heterocycles. The number of hydrogen-bond acceptors (Lipinski definition) is 3. The van der Waals surface area contributed by atoms with E-state index in [0.29, 0.717) is 16.0 Å². The zero-order valence-electron chi connectivity index (χ0n) is 12.5. The van der Waals surface area contributed by atoms with Gasteiger partial charge in [0.1, 0.15) is 17.4 Å². The van der Waals surface area contributed by atoms with Crippen LogP contribution in [0.5, 0.6) is 5.75 Å². The van der Waals surface area contributed by atoms with E-state index in [1.54, 1.807) is 12.1 Å². The van der Waals surface area contributed by atoms with Crippen LogP contribution < -0.4 is 5.32 Å². The van der Waals surface area contributed by atoms with Gasteiger partial charge in [-0.2, -0.15) is 5.26 Å². The molecule has 2 rings (SSSR count). The first-order valence-corrected chi connectivity index (χ1v) is 8.21. The van der Waals surface area contributed by atoms with Gasteiger partial charge in [0, 0.05) is 6.04 Å². The highest BCUT2D eigenvalue weighted by molar-refractivity contribution is 9.10. The first-order valence-electron chi connectivity index (χ1n) is 7.42. The minimum atomic E-state index is -0.328. The Morgan fingerprint density at radius 1 is 1.45 bits per heavy atom. The lowest BCUT2D eigenvalue weighted by molar-refractivity contribution is -0.118. The third-order valence-corrected chi connectivity index (χ3v) is 4.71. The maximum absolute atomic E-state index is 12.3. The van der Waals surface area contributed by atoms with Crippen molar-refractivity contribution in [2.45, 2.75) is 38.6 Å². The number of rotatable bonds is 3. The van der Waals surface area contributed by atoms with E-state index in [1.807, 2.05) is 6.07 Å². The molecule has 1 fully saturated rings. The summed E-state index contributed by atoms with van der Waals surface area (Å²) in [5.74, 6) is 0.238. The highest BCUT2D eigenvalue weighted by Gasteiger charge is 2.24. The van der Waals surface area contributed by atoms with Crippen molar-refractivity contribution in [3.05, 3.63) is 33.8 Å². The van der Waals surface area contributed by atoms with Gasteiger partial charge >= 0.3 is 0 Å². The number of phenols is 1. The molecule has 1 amide bonds. The third-order valence-electron chi connectivity index (χ3n) is 4.08. The van der Waals surface area contributed by atoms with Gasteiger partial charge in [0.05, 0.1) is 4.47 Å². The molecular weight excluding hydrogens is 344 g/mol. The van der Waals surface area contributed by atoms with E-state index in [9.17, 15) is 15.2 Å². The minimum Gasteiger partial charge on any atom is -0.507 e. The van der Waals surface area contributed by atoms with E-state index in [4.69, 9.17) is 0 Å². The second-order valence-corrected chi connectivity index (χ2v) is 6.58. The predicted molar refractivity (Wildman–Crippen MR) is 89.0 cm³/mol. The summed E-state index contributed by atoms with van der Waals surface area (Å²) in [7, 11) is 0. The highest BCUT2D eigenvalue weighted by Crippen LogP contribution is 2.26. The van der Waals surface area contributed by atoms with Crippen LogP contribution in [0.25, 0.3) is 6.08 Å². The van der Waals surface area contributed by atoms with Gasteiger partial charge in [0.2, 0.25) is 0 Å². The summed E-state index contributed by atoms with van der Waals surface area (Å²) in [6, 6.07) is 6.95. The van der Waals surface area contributed by atoms with Gasteiger partial charge in [0.15, 0.2) is 0 Å². The Morgan fingerprint density at radius 2 is 2.18 bits per heavy atom. The molecule has 2 atom stereocenters. The van der Waals surface area contributed by atoms with Crippen molar-refractivity contribution in [3.63, 3.8) is 0 Å². The fourth-order valence-electron chi connectivity index (χ4n) is 2.71. The minimum absolute atomic E-state index is 0.0790. The molecule has 1 aromatic carbocycles. The van der Waals surface area contributed by atoms with Crippen molar-refractivity contribution in [2.75, 3.05) is 0 Å². The molecule has 0 bridgehead atoms. The summed E-state index contributed by atoms with van der Waals surface area (Å²) in [5, 5.41) is 21.7. The molecule has 5 heteroatoms. The lowest BCUT2D eigenvalue weighted by atomic mass is 9.86. The molecule has 2 N–H and O–H groups in total. The van der Waals surface area contributed by atoms with Crippen molar-refractivity contribution < 1.29 is 9.90 Å². The summed E-state index contributed by atoms with van der Waals surface area (Å²) in [5.41, 5.74) is 0.767. The van der Waals surface area contributed by atoms with E-state index in [2.05, 4.69) is 28.2 Å². The monoisotopic (exact) mass is 362 g/mol. The first-order chi connectivity index (χ1) is 10.5. The van der Waals surface area contributed by atoms with Crippen molar-refractivity contribution in [3.8, 4) is 11.8 Å². The Bertz CT molecular complexity index is 634. The lowest BCUT2D eigenvalue weighted by Crippen LogP contribution is -2.41. The Labute approximate surface area is 139 Å². The number of carbonyl (C=O) groups excluding carboxylic acids is 1. The van der Waals surface area contributed by atoms with E-state index in [0.717, 1.165) is 19.3 Å². The number of carbonyl (C=O) groups is 1. The SMILES string of the molecule is C[C@H]1CCCC[C@@H]1NC(=O)/C(C#N)=C/c1ccc(O)c(Br)c1. The van der Waals surface area contributed by atoms with Crippen molar-refractivity contribution >= 4 is 27.9 Å². The number of nitriles is 1. The quantitative estimate of drug-likeness (QED) is 0.635. The van der Waals surface area contributed by atoms with Gasteiger partial charge in [-0.1, -0.05) is 25.8 Å². The summed E-state index contributed by atoms with van der Waals surface area (Å²) >= 11 is 3.22. The summed E-state index contributed by atoms with van der Waals surface area (Å²) < 4.78 is 0.528. The van der Waals surface area contributed by atoms with Crippen molar-refractivity contribution in [2.24, 2.45) is 5.92 Å². The van der Waals surface area contributed by atoms with Crippen LogP contribution in [-0.4, -0.2) is 17.1 Å². The zero-order valence-corrected chi connectivity index (χ0v) is 14.1. The Morgan fingerprint density at radius 3 is 2.82 bits per heavy atom. The maximum Gasteiger partial charge on any atom is 0.262 e. The molecule has 0 unspecified atom stereocenters. The molecule has 0 aliphatic heterocycles. The number of amides is 1. The largest absolute Gasteiger partial charge is 0.507 e. The van der Waals surface area contributed by atoms with Crippen molar-refractivity contribution in [1.29, 1.82) is 5.26 Å². The molecule has 1 aliphatic rings. The number of nitrogens with zero attached hydrogens (tertiary/aromatic N) is 1. The normalized spacial score (nSPS) is 22.0. The number of phenolic OH excluding ortho intramolecular Hbond substituents is 1. The standard InChI is InChI=1S/C17H19BrN2O2/c1-11-4-2-3-5-15(11)20-17(22)13(10-19)8-12-6-7-16(21)14(18)9-12/h6-9,11,15,21H,2-5H2,1H3,(H,20,22)/b13-8+/t11-,15-/m0/s1. The predicted octanol–water partition coefficient (Wildman–Crippen LogP) is 3.76. The van der Waals surface area contributed by atoms with Crippen LogP contribution in [0, 0.1) is 17.2 Å². The second-order valence-electron chi connectivity index (χ2n) is 5.72. The number of aromatic hydroxyl groups is 1. The fourth-order valence-corrected chi connectivity index (χ4v) is 3.10. The van der Waals surface area contributed by atoms with E-state index < -0.39 is 0 Å². The van der Waals surface area contributed by atoms with Crippen molar-refractivity contribution in [1.82, 2.24) is 5.32 Å². The summed E-state index contributed by atoms with van der Waals surface area (Å²) in [6.07, 6.45) is 5.94.